The van der Waals surface area contributed by atoms with Crippen LogP contribution in [0.3, 0.4) is 0 Å². The van der Waals surface area contributed by atoms with E-state index in [4.69, 9.17) is 28.9 Å². The molecule has 21 heavy (non-hydrogen) atoms. The largest absolute Gasteiger partial charge is 0.464 e. The summed E-state index contributed by atoms with van der Waals surface area (Å²) in [6, 6.07) is 6.49. The molecule has 0 saturated heterocycles. The summed E-state index contributed by atoms with van der Waals surface area (Å²) < 4.78 is 4.61. The van der Waals surface area contributed by atoms with E-state index in [1.54, 1.807) is 24.3 Å². The number of esters is 1. The van der Waals surface area contributed by atoms with Gasteiger partial charge in [0.2, 0.25) is 0 Å². The first-order chi connectivity index (χ1) is 9.99. The van der Waals surface area contributed by atoms with Crippen LogP contribution in [0.1, 0.15) is 20.8 Å². The number of anilines is 1. The Morgan fingerprint density at radius 1 is 1.24 bits per heavy atom. The first-order valence-electron chi connectivity index (χ1n) is 5.78. The lowest BCUT2D eigenvalue weighted by molar-refractivity contribution is 0.0594. The van der Waals surface area contributed by atoms with Crippen molar-refractivity contribution < 1.29 is 14.3 Å². The van der Waals surface area contributed by atoms with Crippen molar-refractivity contribution in [3.63, 3.8) is 0 Å². The van der Waals surface area contributed by atoms with E-state index in [0.29, 0.717) is 11.1 Å². The highest BCUT2D eigenvalue weighted by Gasteiger charge is 2.21. The minimum Gasteiger partial charge on any atom is -0.464 e. The molecule has 0 bridgehead atoms. The number of carbonyl (C=O) groups is 2. The zero-order valence-electron chi connectivity index (χ0n) is 10.9. The van der Waals surface area contributed by atoms with E-state index in [-0.39, 0.29) is 27.1 Å². The van der Waals surface area contributed by atoms with Gasteiger partial charge in [0.15, 0.2) is 5.69 Å². The molecule has 0 atom stereocenters. The maximum Gasteiger partial charge on any atom is 0.358 e. The normalized spacial score (nSPS) is 10.2. The van der Waals surface area contributed by atoms with Crippen LogP contribution in [0.4, 0.5) is 5.69 Å². The van der Waals surface area contributed by atoms with Crippen molar-refractivity contribution in [1.82, 2.24) is 4.98 Å². The Balaban J connectivity index is 2.64. The third-order valence-corrected chi connectivity index (χ3v) is 3.58. The summed E-state index contributed by atoms with van der Waals surface area (Å²) in [6.45, 7) is 0. The fourth-order valence-electron chi connectivity index (χ4n) is 1.70. The molecule has 0 aliphatic carbocycles. The highest BCUT2D eigenvalue weighted by Crippen LogP contribution is 2.37. The molecule has 1 aromatic heterocycles. The summed E-state index contributed by atoms with van der Waals surface area (Å²) in [5.74, 6) is -0.714. The molecule has 0 saturated carbocycles. The van der Waals surface area contributed by atoms with Crippen molar-refractivity contribution in [2.75, 3.05) is 12.8 Å². The number of benzene rings is 1. The number of halogens is 2. The second-order valence-electron chi connectivity index (χ2n) is 4.08. The molecule has 1 aromatic carbocycles. The van der Waals surface area contributed by atoms with Gasteiger partial charge in [0, 0.05) is 11.1 Å². The summed E-state index contributed by atoms with van der Waals surface area (Å²) in [5.41, 5.74) is 7.12. The van der Waals surface area contributed by atoms with Crippen molar-refractivity contribution in [2.45, 2.75) is 0 Å². The molecule has 0 fully saturated rings. The molecule has 0 aliphatic heterocycles. The lowest BCUT2D eigenvalue weighted by Gasteiger charge is -2.11. The average molecular weight is 325 g/mol. The summed E-state index contributed by atoms with van der Waals surface area (Å²) >= 11 is 12.1. The van der Waals surface area contributed by atoms with Crippen molar-refractivity contribution >= 4 is 41.1 Å². The molecule has 2 aromatic rings. The molecule has 2 N–H and O–H groups in total. The number of hydrogen-bond donors (Lipinski definition) is 1. The maximum atomic E-state index is 11.7. The van der Waals surface area contributed by atoms with Crippen LogP contribution in [-0.2, 0) is 4.74 Å². The van der Waals surface area contributed by atoms with Crippen molar-refractivity contribution in [2.24, 2.45) is 0 Å². The van der Waals surface area contributed by atoms with E-state index < -0.39 is 5.97 Å². The van der Waals surface area contributed by atoms with Crippen molar-refractivity contribution in [1.29, 1.82) is 0 Å². The molecule has 1 heterocycles. The Hall–Kier alpha value is -2.11. The van der Waals surface area contributed by atoms with Crippen LogP contribution in [0.5, 0.6) is 0 Å². The lowest BCUT2D eigenvalue weighted by atomic mass is 10.1. The fraction of sp³-hybridized carbons (Fsp3) is 0.0714. The molecule has 0 spiro atoms. The standard InChI is InChI=1S/C14H10Cl2N2O3/c1-21-14(20)13-10(16)11(17)9(15)12(18-13)8-4-2-7(6-19)3-5-8/h2-6H,1H3,(H2,17,18). The summed E-state index contributed by atoms with van der Waals surface area (Å²) in [4.78, 5) is 26.5. The lowest BCUT2D eigenvalue weighted by Crippen LogP contribution is -2.08. The Bertz CT molecular complexity index is 715. The van der Waals surface area contributed by atoms with Crippen LogP contribution < -0.4 is 5.73 Å². The minimum absolute atomic E-state index is 0.0446. The van der Waals surface area contributed by atoms with Gasteiger partial charge in [-0.2, -0.15) is 0 Å². The number of carbonyl (C=O) groups excluding carboxylic acids is 2. The second kappa shape index (κ2) is 6.11. The van der Waals surface area contributed by atoms with Gasteiger partial charge in [-0.3, -0.25) is 4.79 Å². The molecule has 7 heteroatoms. The topological polar surface area (TPSA) is 82.3 Å². The third-order valence-electron chi connectivity index (χ3n) is 2.81. The zero-order chi connectivity index (χ0) is 15.6. The first-order valence-corrected chi connectivity index (χ1v) is 6.53. The highest BCUT2D eigenvalue weighted by atomic mass is 35.5. The number of aldehydes is 1. The Morgan fingerprint density at radius 2 is 1.86 bits per heavy atom. The van der Waals surface area contributed by atoms with E-state index >= 15 is 0 Å². The van der Waals surface area contributed by atoms with Gasteiger partial charge in [-0.1, -0.05) is 47.5 Å². The molecule has 0 radical (unpaired) electrons. The maximum absolute atomic E-state index is 11.7. The number of nitrogens with two attached hydrogens (primary N) is 1. The number of nitrogen functional groups attached to an aromatic ring is 1. The Labute approximate surface area is 130 Å². The van der Waals surface area contributed by atoms with E-state index in [0.717, 1.165) is 6.29 Å². The van der Waals surface area contributed by atoms with Crippen molar-refractivity contribution in [3.05, 3.63) is 45.6 Å². The van der Waals surface area contributed by atoms with Gasteiger partial charge in [-0.05, 0) is 0 Å². The van der Waals surface area contributed by atoms with Gasteiger partial charge in [0.1, 0.15) is 6.29 Å². The summed E-state index contributed by atoms with van der Waals surface area (Å²) in [7, 11) is 1.21. The smallest absolute Gasteiger partial charge is 0.358 e. The molecule has 2 rings (SSSR count). The monoisotopic (exact) mass is 324 g/mol. The Morgan fingerprint density at radius 3 is 2.38 bits per heavy atom. The Kier molecular flexibility index (Phi) is 4.45. The number of pyridine rings is 1. The van der Waals surface area contributed by atoms with E-state index in [9.17, 15) is 9.59 Å². The van der Waals surface area contributed by atoms with Crippen LogP contribution in [0.15, 0.2) is 24.3 Å². The zero-order valence-corrected chi connectivity index (χ0v) is 12.4. The van der Waals surface area contributed by atoms with Crippen LogP contribution in [0, 0.1) is 0 Å². The van der Waals surface area contributed by atoms with Gasteiger partial charge in [0.25, 0.3) is 0 Å². The molecule has 108 valence electrons. The number of nitrogens with zero attached hydrogens (tertiary/aromatic N) is 1. The first kappa shape index (κ1) is 15.3. The molecule has 0 aliphatic rings. The molecular weight excluding hydrogens is 315 g/mol. The SMILES string of the molecule is COC(=O)c1nc(-c2ccc(C=O)cc2)c(Cl)c(N)c1Cl. The fourth-order valence-corrected chi connectivity index (χ4v) is 2.21. The van der Waals surface area contributed by atoms with Crippen LogP contribution in [0.2, 0.25) is 10.0 Å². The average Bonchev–Trinajstić information content (AvgIpc) is 2.52. The van der Waals surface area contributed by atoms with Crippen LogP contribution in [0.25, 0.3) is 11.3 Å². The number of hydrogen-bond acceptors (Lipinski definition) is 5. The van der Waals surface area contributed by atoms with Crippen LogP contribution >= 0.6 is 23.2 Å². The highest BCUT2D eigenvalue weighted by molar-refractivity contribution is 6.41. The molecule has 0 unspecified atom stereocenters. The summed E-state index contributed by atoms with van der Waals surface area (Å²) in [6.07, 6.45) is 0.717. The number of rotatable bonds is 3. The van der Waals surface area contributed by atoms with Gasteiger partial charge in [0.05, 0.1) is 28.5 Å². The quantitative estimate of drug-likeness (QED) is 0.692. The van der Waals surface area contributed by atoms with Crippen molar-refractivity contribution in [3.8, 4) is 11.3 Å². The predicted octanol–water partition coefficient (Wildman–Crippen LogP) is 3.24. The van der Waals surface area contributed by atoms with Gasteiger partial charge >= 0.3 is 5.97 Å². The van der Waals surface area contributed by atoms with Crippen LogP contribution in [-0.4, -0.2) is 24.3 Å². The van der Waals surface area contributed by atoms with Gasteiger partial charge < -0.3 is 10.5 Å². The van der Waals surface area contributed by atoms with E-state index in [1.165, 1.54) is 7.11 Å². The third kappa shape index (κ3) is 2.84. The van der Waals surface area contributed by atoms with E-state index in [2.05, 4.69) is 9.72 Å². The molecule has 0 amide bonds. The summed E-state index contributed by atoms with van der Waals surface area (Å²) in [5, 5.41) is 0.0756. The van der Waals surface area contributed by atoms with E-state index in [1.807, 2.05) is 0 Å². The van der Waals surface area contributed by atoms with Gasteiger partial charge in [-0.25, -0.2) is 9.78 Å². The second-order valence-corrected chi connectivity index (χ2v) is 4.84. The number of ether oxygens (including phenoxy) is 1. The molecule has 5 nitrogen and oxygen atoms in total. The van der Waals surface area contributed by atoms with Gasteiger partial charge in [-0.15, -0.1) is 0 Å². The minimum atomic E-state index is -0.714. The number of aromatic nitrogens is 1. The molecular formula is C14H10Cl2N2O3. The predicted molar refractivity (Wildman–Crippen MR) is 80.8 cm³/mol. The number of methoxy groups -OCH3 is 1.